The molecule has 0 aliphatic carbocycles. The van der Waals surface area contributed by atoms with E-state index in [1.165, 1.54) is 0 Å². The van der Waals surface area contributed by atoms with E-state index in [0.717, 1.165) is 48.9 Å². The third-order valence-electron chi connectivity index (χ3n) is 5.69. The number of carbonyl (C=O) groups is 1. The van der Waals surface area contributed by atoms with Crippen LogP contribution in [-0.4, -0.2) is 47.2 Å². The highest BCUT2D eigenvalue weighted by Crippen LogP contribution is 2.35. The van der Waals surface area contributed by atoms with Gasteiger partial charge in [-0.2, -0.15) is 4.98 Å². The Hall–Kier alpha value is -3.81. The number of fused-ring (bicyclic) bond motifs is 1. The topological polar surface area (TPSA) is 85.4 Å². The van der Waals surface area contributed by atoms with Crippen LogP contribution in [0.3, 0.4) is 0 Å². The van der Waals surface area contributed by atoms with Crippen molar-refractivity contribution in [1.29, 1.82) is 0 Å². The van der Waals surface area contributed by atoms with Crippen molar-refractivity contribution in [2.45, 2.75) is 6.42 Å². The van der Waals surface area contributed by atoms with E-state index >= 15 is 0 Å². The molecular formula is C23H25N7O. The summed E-state index contributed by atoms with van der Waals surface area (Å²) in [5, 5.41) is 9.69. The predicted octanol–water partition coefficient (Wildman–Crippen LogP) is 3.96. The summed E-state index contributed by atoms with van der Waals surface area (Å²) >= 11 is 0. The molecule has 1 unspecified atom stereocenters. The van der Waals surface area contributed by atoms with E-state index in [4.69, 9.17) is 4.98 Å². The molecule has 3 N–H and O–H groups in total. The maximum Gasteiger partial charge on any atom is 0.321 e. The second-order valence-electron chi connectivity index (χ2n) is 7.80. The number of likely N-dealkylation sites (tertiary alicyclic amines) is 1. The zero-order chi connectivity index (χ0) is 21.0. The molecular weight excluding hydrogens is 390 g/mol. The van der Waals surface area contributed by atoms with Crippen molar-refractivity contribution >= 4 is 34.9 Å². The molecule has 2 amide bonds. The van der Waals surface area contributed by atoms with E-state index in [2.05, 4.69) is 38.0 Å². The minimum Gasteiger partial charge on any atom is -0.366 e. The molecule has 8 nitrogen and oxygen atoms in total. The normalized spacial score (nSPS) is 17.2. The van der Waals surface area contributed by atoms with E-state index in [-0.39, 0.29) is 6.03 Å². The maximum atomic E-state index is 12.5. The number of rotatable bonds is 5. The number of carbonyl (C=O) groups excluding carboxylic acids is 1. The van der Waals surface area contributed by atoms with E-state index in [1.807, 2.05) is 53.4 Å². The second kappa shape index (κ2) is 8.51. The SMILES string of the molecule is O=C(Nc1ccccc1)N1CCC(CNc2nccc(N3CNc4ccccc43)n2)C1. The number of benzene rings is 2. The van der Waals surface area contributed by atoms with Gasteiger partial charge in [0.2, 0.25) is 5.95 Å². The number of aromatic nitrogens is 2. The fraction of sp³-hybridized carbons (Fsp3) is 0.261. The molecule has 1 atom stereocenters. The van der Waals surface area contributed by atoms with Crippen LogP contribution in [0.15, 0.2) is 66.9 Å². The van der Waals surface area contributed by atoms with Crippen molar-refractivity contribution in [3.05, 3.63) is 66.9 Å². The van der Waals surface area contributed by atoms with Crippen LogP contribution in [0.1, 0.15) is 6.42 Å². The zero-order valence-corrected chi connectivity index (χ0v) is 17.2. The Balaban J connectivity index is 1.16. The molecule has 3 heterocycles. The lowest BCUT2D eigenvalue weighted by Gasteiger charge is -2.19. The van der Waals surface area contributed by atoms with Gasteiger partial charge in [0.25, 0.3) is 0 Å². The fourth-order valence-electron chi connectivity index (χ4n) is 4.04. The van der Waals surface area contributed by atoms with Gasteiger partial charge >= 0.3 is 6.03 Å². The van der Waals surface area contributed by atoms with Crippen LogP contribution >= 0.6 is 0 Å². The first-order valence-corrected chi connectivity index (χ1v) is 10.5. The minimum atomic E-state index is -0.0489. The number of para-hydroxylation sites is 3. The number of urea groups is 1. The van der Waals surface area contributed by atoms with Crippen molar-refractivity contribution in [2.75, 3.05) is 47.2 Å². The Morgan fingerprint density at radius 3 is 2.84 bits per heavy atom. The lowest BCUT2D eigenvalue weighted by Crippen LogP contribution is -2.33. The molecule has 2 aliphatic heterocycles. The van der Waals surface area contributed by atoms with E-state index in [1.54, 1.807) is 6.20 Å². The van der Waals surface area contributed by atoms with Crippen LogP contribution in [-0.2, 0) is 0 Å². The van der Waals surface area contributed by atoms with Gasteiger partial charge in [-0.25, -0.2) is 9.78 Å². The van der Waals surface area contributed by atoms with Crippen molar-refractivity contribution in [3.8, 4) is 0 Å². The highest BCUT2D eigenvalue weighted by atomic mass is 16.2. The molecule has 31 heavy (non-hydrogen) atoms. The van der Waals surface area contributed by atoms with Crippen molar-refractivity contribution in [3.63, 3.8) is 0 Å². The van der Waals surface area contributed by atoms with Crippen LogP contribution in [0.2, 0.25) is 0 Å². The van der Waals surface area contributed by atoms with Gasteiger partial charge in [-0.3, -0.25) is 0 Å². The molecule has 0 spiro atoms. The zero-order valence-electron chi connectivity index (χ0n) is 17.2. The van der Waals surface area contributed by atoms with E-state index in [9.17, 15) is 4.79 Å². The highest BCUT2D eigenvalue weighted by Gasteiger charge is 2.26. The Morgan fingerprint density at radius 2 is 1.94 bits per heavy atom. The monoisotopic (exact) mass is 415 g/mol. The molecule has 0 saturated carbocycles. The Labute approximate surface area is 181 Å². The molecule has 8 heteroatoms. The van der Waals surface area contributed by atoms with Crippen LogP contribution < -0.4 is 20.9 Å². The Morgan fingerprint density at radius 1 is 1.10 bits per heavy atom. The van der Waals surface area contributed by atoms with Crippen molar-refractivity contribution in [1.82, 2.24) is 14.9 Å². The van der Waals surface area contributed by atoms with Crippen LogP contribution in [0.5, 0.6) is 0 Å². The van der Waals surface area contributed by atoms with Gasteiger partial charge in [-0.05, 0) is 42.7 Å². The lowest BCUT2D eigenvalue weighted by atomic mass is 10.1. The van der Waals surface area contributed by atoms with Crippen LogP contribution in [0, 0.1) is 5.92 Å². The fourth-order valence-corrected chi connectivity index (χ4v) is 4.04. The second-order valence-corrected chi connectivity index (χ2v) is 7.80. The summed E-state index contributed by atoms with van der Waals surface area (Å²) in [6, 6.07) is 19.6. The summed E-state index contributed by atoms with van der Waals surface area (Å²) in [5.74, 6) is 1.82. The molecule has 0 radical (unpaired) electrons. The first kappa shape index (κ1) is 19.2. The minimum absolute atomic E-state index is 0.0489. The molecule has 1 fully saturated rings. The Bertz CT molecular complexity index is 1060. The largest absolute Gasteiger partial charge is 0.366 e. The number of anilines is 5. The van der Waals surface area contributed by atoms with Gasteiger partial charge < -0.3 is 25.8 Å². The number of hydrogen-bond acceptors (Lipinski definition) is 6. The molecule has 158 valence electrons. The molecule has 2 aromatic carbocycles. The van der Waals surface area contributed by atoms with Crippen molar-refractivity contribution < 1.29 is 4.79 Å². The standard InChI is InChI=1S/C23H25N7O/c31-23(27-18-6-2-1-3-7-18)29-13-11-17(15-29)14-25-22-24-12-10-21(28-22)30-16-26-19-8-4-5-9-20(19)30/h1-10,12,17,26H,11,13-16H2,(H,27,31)(H,24,25,28). The third kappa shape index (κ3) is 4.23. The third-order valence-corrected chi connectivity index (χ3v) is 5.69. The van der Waals surface area contributed by atoms with Gasteiger partial charge in [-0.1, -0.05) is 30.3 Å². The Kier molecular flexibility index (Phi) is 5.26. The van der Waals surface area contributed by atoms with Gasteiger partial charge in [-0.15, -0.1) is 0 Å². The molecule has 1 saturated heterocycles. The summed E-state index contributed by atoms with van der Waals surface area (Å²) < 4.78 is 0. The summed E-state index contributed by atoms with van der Waals surface area (Å²) in [6.07, 6.45) is 2.73. The maximum absolute atomic E-state index is 12.5. The summed E-state index contributed by atoms with van der Waals surface area (Å²) in [7, 11) is 0. The number of hydrogen-bond donors (Lipinski definition) is 3. The highest BCUT2D eigenvalue weighted by molar-refractivity contribution is 5.89. The van der Waals surface area contributed by atoms with Crippen LogP contribution in [0.25, 0.3) is 0 Å². The van der Waals surface area contributed by atoms with Gasteiger partial charge in [0.1, 0.15) is 5.82 Å². The predicted molar refractivity (Wildman–Crippen MR) is 123 cm³/mol. The quantitative estimate of drug-likeness (QED) is 0.585. The molecule has 1 aromatic heterocycles. The summed E-state index contributed by atoms with van der Waals surface area (Å²) in [5.41, 5.74) is 3.04. The number of amides is 2. The molecule has 2 aliphatic rings. The smallest absolute Gasteiger partial charge is 0.321 e. The van der Waals surface area contributed by atoms with E-state index < -0.39 is 0 Å². The summed E-state index contributed by atoms with van der Waals surface area (Å²) in [4.78, 5) is 25.6. The van der Waals surface area contributed by atoms with Gasteiger partial charge in [0.05, 0.1) is 18.0 Å². The first-order chi connectivity index (χ1) is 15.3. The average molecular weight is 416 g/mol. The molecule has 5 rings (SSSR count). The van der Waals surface area contributed by atoms with Gasteiger partial charge in [0.15, 0.2) is 0 Å². The molecule has 0 bridgehead atoms. The van der Waals surface area contributed by atoms with Crippen LogP contribution in [0.4, 0.5) is 33.6 Å². The number of nitrogens with zero attached hydrogens (tertiary/aromatic N) is 4. The molecule has 3 aromatic rings. The van der Waals surface area contributed by atoms with Gasteiger partial charge in [0, 0.05) is 31.5 Å². The average Bonchev–Trinajstić information content (AvgIpc) is 3.46. The van der Waals surface area contributed by atoms with E-state index in [0.29, 0.717) is 18.5 Å². The first-order valence-electron chi connectivity index (χ1n) is 10.5. The number of nitrogens with one attached hydrogen (secondary N) is 3. The summed E-state index contributed by atoms with van der Waals surface area (Å²) in [6.45, 7) is 2.88. The van der Waals surface area contributed by atoms with Crippen molar-refractivity contribution in [2.24, 2.45) is 5.92 Å². The lowest BCUT2D eigenvalue weighted by molar-refractivity contribution is 0.221.